The summed E-state index contributed by atoms with van der Waals surface area (Å²) in [7, 11) is 1.92. The molecule has 2 aromatic heterocycles. The number of rotatable bonds is 5. The molecule has 0 saturated heterocycles. The highest BCUT2D eigenvalue weighted by molar-refractivity contribution is 5.75. The number of aromatic nitrogens is 4. The fraction of sp³-hybridized carbons (Fsp3) is 0.556. The summed E-state index contributed by atoms with van der Waals surface area (Å²) in [6.45, 7) is 4.69. The maximum atomic E-state index is 11.4. The fourth-order valence-corrected chi connectivity index (χ4v) is 3.66. The van der Waals surface area contributed by atoms with E-state index in [1.165, 1.54) is 11.3 Å². The first-order chi connectivity index (χ1) is 12.7. The van der Waals surface area contributed by atoms with Crippen molar-refractivity contribution in [2.45, 2.75) is 52.2 Å². The van der Waals surface area contributed by atoms with Gasteiger partial charge in [0, 0.05) is 25.6 Å². The molecule has 0 fully saturated rings. The molecule has 3 heterocycles. The van der Waals surface area contributed by atoms with Gasteiger partial charge in [-0.3, -0.25) is 9.48 Å². The molecule has 138 valence electrons. The Hall–Kier alpha value is -2.64. The minimum Gasteiger partial charge on any atom is -0.373 e. The SMILES string of the molecule is CCC(=O)NCc1cc2n(n1)CCN(c1nc3c(c(NC)n1)CCC3)C2. The zero-order chi connectivity index (χ0) is 18.1. The van der Waals surface area contributed by atoms with E-state index in [9.17, 15) is 4.79 Å². The van der Waals surface area contributed by atoms with E-state index in [0.29, 0.717) is 13.0 Å². The highest BCUT2D eigenvalue weighted by Crippen LogP contribution is 2.29. The van der Waals surface area contributed by atoms with Crippen LogP contribution in [0, 0.1) is 0 Å². The average Bonchev–Trinajstić information content (AvgIpc) is 3.30. The van der Waals surface area contributed by atoms with Crippen LogP contribution in [0.3, 0.4) is 0 Å². The first-order valence-corrected chi connectivity index (χ1v) is 9.32. The molecule has 2 aliphatic rings. The number of hydrogen-bond acceptors (Lipinski definition) is 6. The van der Waals surface area contributed by atoms with Crippen LogP contribution in [0.4, 0.5) is 11.8 Å². The van der Waals surface area contributed by atoms with Gasteiger partial charge in [0.1, 0.15) is 5.82 Å². The van der Waals surface area contributed by atoms with Crippen molar-refractivity contribution in [3.8, 4) is 0 Å². The van der Waals surface area contributed by atoms with Crippen molar-refractivity contribution in [1.82, 2.24) is 25.1 Å². The first-order valence-electron chi connectivity index (χ1n) is 9.32. The molecule has 0 spiro atoms. The molecule has 0 unspecified atom stereocenters. The highest BCUT2D eigenvalue weighted by atomic mass is 16.1. The molecular weight excluding hydrogens is 330 g/mol. The third kappa shape index (κ3) is 3.11. The van der Waals surface area contributed by atoms with E-state index in [0.717, 1.165) is 62.1 Å². The largest absolute Gasteiger partial charge is 0.373 e. The Morgan fingerprint density at radius 1 is 1.27 bits per heavy atom. The summed E-state index contributed by atoms with van der Waals surface area (Å²) in [5.74, 6) is 1.80. The van der Waals surface area contributed by atoms with E-state index in [-0.39, 0.29) is 5.91 Å². The van der Waals surface area contributed by atoms with E-state index in [1.54, 1.807) is 0 Å². The van der Waals surface area contributed by atoms with Gasteiger partial charge >= 0.3 is 0 Å². The lowest BCUT2D eigenvalue weighted by molar-refractivity contribution is -0.120. The molecule has 8 heteroatoms. The molecule has 26 heavy (non-hydrogen) atoms. The van der Waals surface area contributed by atoms with Gasteiger partial charge in [-0.05, 0) is 25.3 Å². The molecule has 0 aromatic carbocycles. The Balaban J connectivity index is 1.52. The Morgan fingerprint density at radius 3 is 2.96 bits per heavy atom. The monoisotopic (exact) mass is 355 g/mol. The van der Waals surface area contributed by atoms with Gasteiger partial charge in [-0.1, -0.05) is 6.92 Å². The molecule has 8 nitrogen and oxygen atoms in total. The summed E-state index contributed by atoms with van der Waals surface area (Å²) in [4.78, 5) is 23.2. The second-order valence-corrected chi connectivity index (χ2v) is 6.80. The molecule has 0 bridgehead atoms. The first kappa shape index (κ1) is 16.8. The maximum Gasteiger partial charge on any atom is 0.227 e. The maximum absolute atomic E-state index is 11.4. The second kappa shape index (κ2) is 6.93. The summed E-state index contributed by atoms with van der Waals surface area (Å²) >= 11 is 0. The number of fused-ring (bicyclic) bond motifs is 2. The lowest BCUT2D eigenvalue weighted by Gasteiger charge is -2.28. The number of carbonyl (C=O) groups is 1. The van der Waals surface area contributed by atoms with Gasteiger partial charge in [-0.15, -0.1) is 0 Å². The van der Waals surface area contributed by atoms with Crippen molar-refractivity contribution in [3.63, 3.8) is 0 Å². The highest BCUT2D eigenvalue weighted by Gasteiger charge is 2.24. The average molecular weight is 355 g/mol. The van der Waals surface area contributed by atoms with E-state index < -0.39 is 0 Å². The van der Waals surface area contributed by atoms with Crippen LogP contribution in [0.5, 0.6) is 0 Å². The molecule has 1 aliphatic heterocycles. The Bertz CT molecular complexity index is 829. The summed E-state index contributed by atoms with van der Waals surface area (Å²) in [6.07, 6.45) is 3.74. The Kier molecular flexibility index (Phi) is 4.48. The quantitative estimate of drug-likeness (QED) is 0.839. The van der Waals surface area contributed by atoms with E-state index in [4.69, 9.17) is 9.97 Å². The smallest absolute Gasteiger partial charge is 0.227 e. The van der Waals surface area contributed by atoms with Gasteiger partial charge < -0.3 is 15.5 Å². The normalized spacial score (nSPS) is 15.5. The van der Waals surface area contributed by atoms with Crippen molar-refractivity contribution in [1.29, 1.82) is 0 Å². The molecule has 2 N–H and O–H groups in total. The van der Waals surface area contributed by atoms with Crippen molar-refractivity contribution >= 4 is 17.7 Å². The third-order valence-electron chi connectivity index (χ3n) is 5.08. The molecule has 0 saturated carbocycles. The Morgan fingerprint density at radius 2 is 2.15 bits per heavy atom. The zero-order valence-electron chi connectivity index (χ0n) is 15.4. The number of nitrogens with zero attached hydrogens (tertiary/aromatic N) is 5. The number of nitrogens with one attached hydrogen (secondary N) is 2. The third-order valence-corrected chi connectivity index (χ3v) is 5.08. The van der Waals surface area contributed by atoms with Crippen LogP contribution < -0.4 is 15.5 Å². The number of aryl methyl sites for hydroxylation is 1. The van der Waals surface area contributed by atoms with E-state index >= 15 is 0 Å². The molecule has 1 amide bonds. The van der Waals surface area contributed by atoms with Gasteiger partial charge in [0.15, 0.2) is 0 Å². The van der Waals surface area contributed by atoms with Gasteiger partial charge in [0.25, 0.3) is 0 Å². The van der Waals surface area contributed by atoms with Crippen molar-refractivity contribution in [2.75, 3.05) is 23.8 Å². The molecule has 1 aliphatic carbocycles. The van der Waals surface area contributed by atoms with Crippen LogP contribution in [-0.2, 0) is 37.3 Å². The second-order valence-electron chi connectivity index (χ2n) is 6.80. The summed E-state index contributed by atoms with van der Waals surface area (Å²) in [5.41, 5.74) is 4.48. The predicted octanol–water partition coefficient (Wildman–Crippen LogP) is 1.25. The van der Waals surface area contributed by atoms with Crippen LogP contribution in [-0.4, -0.2) is 39.2 Å². The van der Waals surface area contributed by atoms with Crippen LogP contribution in [0.1, 0.15) is 42.4 Å². The fourth-order valence-electron chi connectivity index (χ4n) is 3.66. The van der Waals surface area contributed by atoms with Gasteiger partial charge in [-0.2, -0.15) is 10.1 Å². The molecule has 4 rings (SSSR count). The molecule has 0 atom stereocenters. The van der Waals surface area contributed by atoms with Crippen LogP contribution >= 0.6 is 0 Å². The van der Waals surface area contributed by atoms with Crippen molar-refractivity contribution in [3.05, 3.63) is 28.7 Å². The summed E-state index contributed by atoms with van der Waals surface area (Å²) < 4.78 is 2.02. The van der Waals surface area contributed by atoms with Crippen molar-refractivity contribution in [2.24, 2.45) is 0 Å². The minimum atomic E-state index is 0.0451. The zero-order valence-corrected chi connectivity index (χ0v) is 15.4. The van der Waals surface area contributed by atoms with Crippen LogP contribution in [0.25, 0.3) is 0 Å². The van der Waals surface area contributed by atoms with Crippen molar-refractivity contribution < 1.29 is 4.79 Å². The van der Waals surface area contributed by atoms with Crippen LogP contribution in [0.2, 0.25) is 0 Å². The number of carbonyl (C=O) groups excluding carboxylic acids is 1. The number of amides is 1. The molecular formula is C18H25N7O. The minimum absolute atomic E-state index is 0.0451. The van der Waals surface area contributed by atoms with E-state index in [1.807, 2.05) is 18.7 Å². The number of anilines is 2. The summed E-state index contributed by atoms with van der Waals surface area (Å²) in [5, 5.41) is 10.7. The van der Waals surface area contributed by atoms with Gasteiger partial charge in [0.05, 0.1) is 36.7 Å². The standard InChI is InChI=1S/C18H25N7O/c1-3-16(26)20-10-12-9-13-11-24(7-8-25(13)23-12)18-21-15-6-4-5-14(15)17(19-2)22-18/h9H,3-8,10-11H2,1-2H3,(H,20,26)(H,19,21,22). The van der Waals surface area contributed by atoms with Crippen LogP contribution in [0.15, 0.2) is 6.07 Å². The van der Waals surface area contributed by atoms with Gasteiger partial charge in [-0.25, -0.2) is 4.98 Å². The van der Waals surface area contributed by atoms with Gasteiger partial charge in [0.2, 0.25) is 11.9 Å². The summed E-state index contributed by atoms with van der Waals surface area (Å²) in [6, 6.07) is 2.06. The lowest BCUT2D eigenvalue weighted by Crippen LogP contribution is -2.35. The molecule has 2 aromatic rings. The molecule has 0 radical (unpaired) electrons. The lowest BCUT2D eigenvalue weighted by atomic mass is 10.2. The topological polar surface area (TPSA) is 88.0 Å². The number of hydrogen-bond donors (Lipinski definition) is 2. The predicted molar refractivity (Wildman–Crippen MR) is 99.0 cm³/mol. The Labute approximate surface area is 153 Å². The van der Waals surface area contributed by atoms with E-state index in [2.05, 4.69) is 26.7 Å².